The van der Waals surface area contributed by atoms with Crippen LogP contribution in [0.1, 0.15) is 45.0 Å². The van der Waals surface area contributed by atoms with Gasteiger partial charge in [0.05, 0.1) is 12.2 Å². The molecule has 0 heterocycles. The van der Waals surface area contributed by atoms with Crippen molar-refractivity contribution < 1.29 is 26.4 Å². The molecule has 1 aromatic rings. The molecule has 154 valence electrons. The minimum atomic E-state index is -4.12. The highest BCUT2D eigenvalue weighted by atomic mass is 32.2. The number of esters is 1. The number of hydrogen-bond donors (Lipinski definition) is 0. The van der Waals surface area contributed by atoms with Crippen molar-refractivity contribution in [3.05, 3.63) is 23.8 Å². The van der Waals surface area contributed by atoms with Crippen molar-refractivity contribution in [2.75, 3.05) is 32.8 Å². The highest BCUT2D eigenvalue weighted by molar-refractivity contribution is 7.92. The molecule has 0 atom stereocenters. The molecule has 0 fully saturated rings. The number of nitrogens with zero attached hydrogens (tertiary/aromatic N) is 2. The van der Waals surface area contributed by atoms with Gasteiger partial charge in [-0.2, -0.15) is 8.61 Å². The first-order chi connectivity index (χ1) is 12.6. The molecule has 0 bridgehead atoms. The van der Waals surface area contributed by atoms with E-state index in [0.29, 0.717) is 0 Å². The molecule has 0 saturated heterocycles. The molecular formula is C17H28N2O6S2. The topological polar surface area (TPSA) is 101 Å². The molecule has 1 aromatic carbocycles. The van der Waals surface area contributed by atoms with E-state index in [-0.39, 0.29) is 43.2 Å². The van der Waals surface area contributed by atoms with Crippen molar-refractivity contribution >= 4 is 26.0 Å². The van der Waals surface area contributed by atoms with Crippen LogP contribution >= 0.6 is 0 Å². The predicted octanol–water partition coefficient (Wildman–Crippen LogP) is 1.92. The van der Waals surface area contributed by atoms with Gasteiger partial charge in [0.2, 0.25) is 20.0 Å². The molecule has 0 aromatic heterocycles. The number of carbonyl (C=O) groups is 1. The molecule has 0 N–H and O–H groups in total. The average Bonchev–Trinajstić information content (AvgIpc) is 2.63. The Morgan fingerprint density at radius 2 is 1.26 bits per heavy atom. The largest absolute Gasteiger partial charge is 0.462 e. The molecule has 0 amide bonds. The zero-order valence-electron chi connectivity index (χ0n) is 16.4. The van der Waals surface area contributed by atoms with E-state index in [1.165, 1.54) is 10.4 Å². The normalized spacial score (nSPS) is 12.6. The van der Waals surface area contributed by atoms with Gasteiger partial charge in [0.25, 0.3) is 0 Å². The summed E-state index contributed by atoms with van der Waals surface area (Å²) in [5, 5.41) is 0. The van der Waals surface area contributed by atoms with Gasteiger partial charge >= 0.3 is 5.97 Å². The van der Waals surface area contributed by atoms with Crippen LogP contribution in [0.5, 0.6) is 0 Å². The third kappa shape index (κ3) is 4.87. The van der Waals surface area contributed by atoms with E-state index in [9.17, 15) is 21.6 Å². The molecule has 10 heteroatoms. The molecule has 0 aliphatic heterocycles. The third-order valence-corrected chi connectivity index (χ3v) is 8.43. The Labute approximate surface area is 162 Å². The Morgan fingerprint density at radius 3 is 1.67 bits per heavy atom. The van der Waals surface area contributed by atoms with Crippen LogP contribution in [0.3, 0.4) is 0 Å². The van der Waals surface area contributed by atoms with Crippen LogP contribution < -0.4 is 0 Å². The van der Waals surface area contributed by atoms with Gasteiger partial charge in [-0.15, -0.1) is 0 Å². The van der Waals surface area contributed by atoms with E-state index in [2.05, 4.69) is 0 Å². The van der Waals surface area contributed by atoms with Gasteiger partial charge in [0.15, 0.2) is 0 Å². The van der Waals surface area contributed by atoms with Crippen molar-refractivity contribution in [2.45, 2.75) is 44.4 Å². The molecule has 0 aliphatic rings. The van der Waals surface area contributed by atoms with Gasteiger partial charge in [-0.25, -0.2) is 21.6 Å². The van der Waals surface area contributed by atoms with Crippen molar-refractivity contribution in [2.24, 2.45) is 0 Å². The van der Waals surface area contributed by atoms with Crippen LogP contribution in [0.15, 0.2) is 28.0 Å². The summed E-state index contributed by atoms with van der Waals surface area (Å²) in [6, 6.07) is 3.52. The van der Waals surface area contributed by atoms with E-state index in [1.54, 1.807) is 34.6 Å². The summed E-state index contributed by atoms with van der Waals surface area (Å²) in [5.74, 6) is -0.708. The second-order valence-corrected chi connectivity index (χ2v) is 9.37. The fourth-order valence-electron chi connectivity index (χ4n) is 2.67. The summed E-state index contributed by atoms with van der Waals surface area (Å²) in [5.41, 5.74) is -0.0129. The van der Waals surface area contributed by atoms with Crippen LogP contribution in [0.25, 0.3) is 0 Å². The Bertz CT molecular complexity index is 857. The second kappa shape index (κ2) is 9.63. The number of ether oxygens (including phenoxy) is 1. The zero-order valence-corrected chi connectivity index (χ0v) is 18.1. The van der Waals surface area contributed by atoms with E-state index >= 15 is 0 Å². The van der Waals surface area contributed by atoms with Crippen LogP contribution in [0, 0.1) is 0 Å². The number of hydrogen-bond acceptors (Lipinski definition) is 6. The van der Waals surface area contributed by atoms with E-state index in [4.69, 9.17) is 4.74 Å². The summed E-state index contributed by atoms with van der Waals surface area (Å²) >= 11 is 0. The van der Waals surface area contributed by atoms with Crippen LogP contribution in [0.4, 0.5) is 0 Å². The molecular weight excluding hydrogens is 392 g/mol. The van der Waals surface area contributed by atoms with Crippen molar-refractivity contribution in [3.63, 3.8) is 0 Å². The fourth-order valence-corrected chi connectivity index (χ4v) is 6.37. The first-order valence-electron chi connectivity index (χ1n) is 8.93. The summed E-state index contributed by atoms with van der Waals surface area (Å²) < 4.78 is 59.4. The zero-order chi connectivity index (χ0) is 20.8. The average molecular weight is 421 g/mol. The van der Waals surface area contributed by atoms with Gasteiger partial charge in [-0.1, -0.05) is 27.7 Å². The summed E-state index contributed by atoms with van der Waals surface area (Å²) in [7, 11) is -8.16. The Balaban J connectivity index is 3.78. The monoisotopic (exact) mass is 420 g/mol. The van der Waals surface area contributed by atoms with Gasteiger partial charge in [-0.3, -0.25) is 0 Å². The smallest absolute Gasteiger partial charge is 0.338 e. The highest BCUT2D eigenvalue weighted by Crippen LogP contribution is 2.28. The standard InChI is InChI=1S/C17H28N2O6S2/c1-6-18(7-2)26(21,22)15-12-11-14(17(20)25-10-5)13-16(15)27(23,24)19(8-3)9-4/h11-13H,6-10H2,1-5H3. The van der Waals surface area contributed by atoms with Crippen molar-refractivity contribution in [3.8, 4) is 0 Å². The maximum atomic E-state index is 13.1. The van der Waals surface area contributed by atoms with Crippen molar-refractivity contribution in [1.29, 1.82) is 0 Å². The first kappa shape index (κ1) is 23.5. The SMILES string of the molecule is CCOC(=O)c1ccc(S(=O)(=O)N(CC)CC)c(S(=O)(=O)N(CC)CC)c1. The van der Waals surface area contributed by atoms with Gasteiger partial charge in [-0.05, 0) is 25.1 Å². The summed E-state index contributed by atoms with van der Waals surface area (Å²) in [6.07, 6.45) is 0. The van der Waals surface area contributed by atoms with Gasteiger partial charge in [0, 0.05) is 26.2 Å². The van der Waals surface area contributed by atoms with Gasteiger partial charge in [0.1, 0.15) is 9.79 Å². The van der Waals surface area contributed by atoms with Gasteiger partial charge < -0.3 is 4.74 Å². The van der Waals surface area contributed by atoms with Crippen LogP contribution in [0.2, 0.25) is 0 Å². The lowest BCUT2D eigenvalue weighted by Crippen LogP contribution is -2.35. The van der Waals surface area contributed by atoms with E-state index < -0.39 is 30.9 Å². The predicted molar refractivity (Wildman–Crippen MR) is 103 cm³/mol. The first-order valence-corrected chi connectivity index (χ1v) is 11.8. The molecule has 1 rings (SSSR count). The minimum Gasteiger partial charge on any atom is -0.462 e. The second-order valence-electron chi connectivity index (χ2n) is 5.56. The Morgan fingerprint density at radius 1 is 0.815 bits per heavy atom. The van der Waals surface area contributed by atoms with E-state index in [0.717, 1.165) is 16.4 Å². The maximum Gasteiger partial charge on any atom is 0.338 e. The van der Waals surface area contributed by atoms with Crippen LogP contribution in [-0.2, 0) is 24.8 Å². The third-order valence-electron chi connectivity index (χ3n) is 4.10. The Kier molecular flexibility index (Phi) is 8.40. The number of sulfonamides is 2. The minimum absolute atomic E-state index is 0.0129. The molecule has 0 saturated carbocycles. The quantitative estimate of drug-likeness (QED) is 0.536. The number of rotatable bonds is 10. The molecule has 0 unspecified atom stereocenters. The summed E-state index contributed by atoms with van der Waals surface area (Å²) in [6.45, 7) is 9.16. The summed E-state index contributed by atoms with van der Waals surface area (Å²) in [4.78, 5) is 11.3. The molecule has 27 heavy (non-hydrogen) atoms. The lowest BCUT2D eigenvalue weighted by molar-refractivity contribution is 0.0526. The van der Waals surface area contributed by atoms with E-state index in [1.807, 2.05) is 0 Å². The molecule has 0 spiro atoms. The highest BCUT2D eigenvalue weighted by Gasteiger charge is 2.33. The maximum absolute atomic E-state index is 13.1. The molecule has 8 nitrogen and oxygen atoms in total. The Hall–Kier alpha value is -1.49. The molecule has 0 aliphatic carbocycles. The van der Waals surface area contributed by atoms with Crippen molar-refractivity contribution in [1.82, 2.24) is 8.61 Å². The lowest BCUT2D eigenvalue weighted by atomic mass is 10.2. The fraction of sp³-hybridized carbons (Fsp3) is 0.588. The van der Waals surface area contributed by atoms with Crippen LogP contribution in [-0.4, -0.2) is 64.2 Å². The number of benzene rings is 1. The number of carbonyl (C=O) groups excluding carboxylic acids is 1. The lowest BCUT2D eigenvalue weighted by Gasteiger charge is -2.24. The molecule has 0 radical (unpaired) electrons.